The third-order valence-electron chi connectivity index (χ3n) is 2.54. The van der Waals surface area contributed by atoms with Gasteiger partial charge in [-0.25, -0.2) is 8.42 Å². The van der Waals surface area contributed by atoms with Gasteiger partial charge >= 0.3 is 0 Å². The normalized spacial score (nSPS) is 11.4. The fourth-order valence-electron chi connectivity index (χ4n) is 1.51. The summed E-state index contributed by atoms with van der Waals surface area (Å²) in [4.78, 5) is 0. The minimum absolute atomic E-state index is 0.0228. The molecule has 0 aliphatic heterocycles. The molecule has 98 valence electrons. The van der Waals surface area contributed by atoms with Crippen molar-refractivity contribution < 1.29 is 8.42 Å². The summed E-state index contributed by atoms with van der Waals surface area (Å²) in [6.45, 7) is 0.865. The fraction of sp³-hybridized carbons (Fsp3) is 0.385. The molecular formula is C13H18N2O2S. The van der Waals surface area contributed by atoms with E-state index < -0.39 is 10.0 Å². The van der Waals surface area contributed by atoms with Crippen LogP contribution in [0, 0.1) is 12.3 Å². The molecule has 0 fully saturated rings. The smallest absolute Gasteiger partial charge is 0.218 e. The van der Waals surface area contributed by atoms with E-state index in [0.29, 0.717) is 0 Å². The Labute approximate surface area is 109 Å². The molecule has 18 heavy (non-hydrogen) atoms. The number of nitrogens with one attached hydrogen (secondary N) is 1. The number of hydrogen-bond acceptors (Lipinski definition) is 3. The molecule has 1 rings (SSSR count). The van der Waals surface area contributed by atoms with Gasteiger partial charge in [0.25, 0.3) is 0 Å². The zero-order chi connectivity index (χ0) is 13.6. The van der Waals surface area contributed by atoms with Crippen molar-refractivity contribution in [3.63, 3.8) is 0 Å². The summed E-state index contributed by atoms with van der Waals surface area (Å²) in [5.41, 5.74) is 1.88. The van der Waals surface area contributed by atoms with Crippen LogP contribution < -0.4 is 5.32 Å². The van der Waals surface area contributed by atoms with E-state index in [1.165, 1.54) is 11.4 Å². The Bertz CT molecular complexity index is 515. The summed E-state index contributed by atoms with van der Waals surface area (Å²) >= 11 is 0. The molecule has 0 radical (unpaired) electrons. The standard InChI is InChI=1S/C13H18N2O2S/c1-4-9-15(3)18(16,17)11-13-7-5-12(6-8-13)10-14-2/h1,5-8,14H,9-11H2,2-3H3. The van der Waals surface area contributed by atoms with E-state index in [2.05, 4.69) is 11.2 Å². The Kier molecular flexibility index (Phi) is 5.35. The Balaban J connectivity index is 2.76. The van der Waals surface area contributed by atoms with Crippen LogP contribution in [0.25, 0.3) is 0 Å². The van der Waals surface area contributed by atoms with Crippen LogP contribution in [0.15, 0.2) is 24.3 Å². The molecule has 0 heterocycles. The van der Waals surface area contributed by atoms with Crippen LogP contribution >= 0.6 is 0 Å². The van der Waals surface area contributed by atoms with Gasteiger partial charge in [0.05, 0.1) is 12.3 Å². The number of sulfonamides is 1. The van der Waals surface area contributed by atoms with E-state index in [1.54, 1.807) is 0 Å². The average Bonchev–Trinajstić information content (AvgIpc) is 2.32. The molecule has 0 atom stereocenters. The molecule has 0 spiro atoms. The highest BCUT2D eigenvalue weighted by Crippen LogP contribution is 2.10. The highest BCUT2D eigenvalue weighted by Gasteiger charge is 2.17. The van der Waals surface area contributed by atoms with Crippen LogP contribution in [0.5, 0.6) is 0 Å². The third-order valence-corrected chi connectivity index (χ3v) is 4.32. The lowest BCUT2D eigenvalue weighted by molar-refractivity contribution is 0.502. The first-order valence-electron chi connectivity index (χ1n) is 5.59. The first-order valence-corrected chi connectivity index (χ1v) is 7.20. The summed E-state index contributed by atoms with van der Waals surface area (Å²) in [7, 11) is 0.0334. The predicted octanol–water partition coefficient (Wildman–Crippen LogP) is 0.801. The molecule has 0 saturated carbocycles. The van der Waals surface area contributed by atoms with Gasteiger partial charge in [-0.2, -0.15) is 4.31 Å². The van der Waals surface area contributed by atoms with Crippen molar-refractivity contribution in [2.24, 2.45) is 0 Å². The maximum atomic E-state index is 11.9. The molecule has 0 unspecified atom stereocenters. The van der Waals surface area contributed by atoms with Crippen molar-refractivity contribution in [2.45, 2.75) is 12.3 Å². The Morgan fingerprint density at radius 3 is 2.33 bits per heavy atom. The molecule has 0 aliphatic carbocycles. The van der Waals surface area contributed by atoms with Crippen LogP contribution in [-0.2, 0) is 22.3 Å². The SMILES string of the molecule is C#CCN(C)S(=O)(=O)Cc1ccc(CNC)cc1. The van der Waals surface area contributed by atoms with E-state index >= 15 is 0 Å². The molecule has 1 N–H and O–H groups in total. The van der Waals surface area contributed by atoms with E-state index in [4.69, 9.17) is 6.42 Å². The van der Waals surface area contributed by atoms with E-state index in [-0.39, 0.29) is 12.3 Å². The van der Waals surface area contributed by atoms with Gasteiger partial charge in [0.2, 0.25) is 10.0 Å². The molecule has 0 aromatic heterocycles. The molecule has 5 heteroatoms. The monoisotopic (exact) mass is 266 g/mol. The fourth-order valence-corrected chi connectivity index (χ4v) is 2.61. The highest BCUT2D eigenvalue weighted by atomic mass is 32.2. The summed E-state index contributed by atoms with van der Waals surface area (Å²) in [5, 5.41) is 3.04. The molecule has 4 nitrogen and oxygen atoms in total. The second-order valence-electron chi connectivity index (χ2n) is 4.06. The van der Waals surface area contributed by atoms with Crippen LogP contribution in [0.3, 0.4) is 0 Å². The maximum absolute atomic E-state index is 11.9. The van der Waals surface area contributed by atoms with E-state index in [9.17, 15) is 8.42 Å². The highest BCUT2D eigenvalue weighted by molar-refractivity contribution is 7.88. The van der Waals surface area contributed by atoms with Gasteiger partial charge in [0.1, 0.15) is 0 Å². The van der Waals surface area contributed by atoms with Crippen LogP contribution in [0.4, 0.5) is 0 Å². The first kappa shape index (κ1) is 14.7. The third kappa shape index (κ3) is 4.15. The van der Waals surface area contributed by atoms with E-state index in [0.717, 1.165) is 17.7 Å². The minimum atomic E-state index is -3.33. The lowest BCUT2D eigenvalue weighted by Crippen LogP contribution is -2.28. The molecule has 1 aromatic carbocycles. The Hall–Kier alpha value is -1.35. The predicted molar refractivity (Wildman–Crippen MR) is 73.3 cm³/mol. The van der Waals surface area contributed by atoms with Crippen molar-refractivity contribution in [1.82, 2.24) is 9.62 Å². The lowest BCUT2D eigenvalue weighted by atomic mass is 10.1. The number of terminal acetylenes is 1. The average molecular weight is 266 g/mol. The maximum Gasteiger partial charge on any atom is 0.218 e. The van der Waals surface area contributed by atoms with Gasteiger partial charge in [-0.1, -0.05) is 30.2 Å². The topological polar surface area (TPSA) is 49.4 Å². The Morgan fingerprint density at radius 2 is 1.83 bits per heavy atom. The number of hydrogen-bond donors (Lipinski definition) is 1. The van der Waals surface area contributed by atoms with Crippen LogP contribution in [0.2, 0.25) is 0 Å². The van der Waals surface area contributed by atoms with Gasteiger partial charge in [-0.3, -0.25) is 0 Å². The second kappa shape index (κ2) is 6.55. The van der Waals surface area contributed by atoms with Crippen molar-refractivity contribution in [2.75, 3.05) is 20.6 Å². The van der Waals surface area contributed by atoms with Crippen molar-refractivity contribution >= 4 is 10.0 Å². The second-order valence-corrected chi connectivity index (χ2v) is 6.14. The van der Waals surface area contributed by atoms with Gasteiger partial charge < -0.3 is 5.32 Å². The summed E-state index contributed by atoms with van der Waals surface area (Å²) < 4.78 is 25.0. The van der Waals surface area contributed by atoms with Crippen molar-refractivity contribution in [3.05, 3.63) is 35.4 Å². The summed E-state index contributed by atoms with van der Waals surface area (Å²) in [5.74, 6) is 2.30. The summed E-state index contributed by atoms with van der Waals surface area (Å²) in [6.07, 6.45) is 5.11. The lowest BCUT2D eigenvalue weighted by Gasteiger charge is -2.14. The molecular weight excluding hydrogens is 248 g/mol. The number of rotatable bonds is 6. The van der Waals surface area contributed by atoms with Gasteiger partial charge in [-0.15, -0.1) is 6.42 Å². The van der Waals surface area contributed by atoms with Crippen LogP contribution in [-0.4, -0.2) is 33.4 Å². The largest absolute Gasteiger partial charge is 0.316 e. The molecule has 1 aromatic rings. The van der Waals surface area contributed by atoms with Gasteiger partial charge in [-0.05, 0) is 18.2 Å². The number of nitrogens with zero attached hydrogens (tertiary/aromatic N) is 1. The zero-order valence-corrected chi connectivity index (χ0v) is 11.5. The van der Waals surface area contributed by atoms with Crippen molar-refractivity contribution in [3.8, 4) is 12.3 Å². The minimum Gasteiger partial charge on any atom is -0.316 e. The number of benzene rings is 1. The first-order chi connectivity index (χ1) is 8.49. The molecule has 0 saturated heterocycles. The zero-order valence-electron chi connectivity index (χ0n) is 10.7. The van der Waals surface area contributed by atoms with Gasteiger partial charge in [0, 0.05) is 13.6 Å². The molecule has 0 amide bonds. The summed E-state index contributed by atoms with van der Waals surface area (Å²) in [6, 6.07) is 7.49. The van der Waals surface area contributed by atoms with Gasteiger partial charge in [0.15, 0.2) is 0 Å². The van der Waals surface area contributed by atoms with Crippen molar-refractivity contribution in [1.29, 1.82) is 0 Å². The molecule has 0 aliphatic rings. The Morgan fingerprint density at radius 1 is 1.28 bits per heavy atom. The van der Waals surface area contributed by atoms with Crippen LogP contribution in [0.1, 0.15) is 11.1 Å². The van der Waals surface area contributed by atoms with E-state index in [1.807, 2.05) is 31.3 Å². The quantitative estimate of drug-likeness (QED) is 0.775. The molecule has 0 bridgehead atoms.